The fourth-order valence-corrected chi connectivity index (χ4v) is 3.57. The van der Waals surface area contributed by atoms with Crippen molar-refractivity contribution in [3.05, 3.63) is 58.1 Å². The summed E-state index contributed by atoms with van der Waals surface area (Å²) in [5, 5.41) is 5.77. The number of urea groups is 1. The summed E-state index contributed by atoms with van der Waals surface area (Å²) in [5.74, 6) is -0.437. The molecule has 1 aliphatic heterocycles. The highest BCUT2D eigenvalue weighted by molar-refractivity contribution is 6.44. The Bertz CT molecular complexity index is 965. The predicted molar refractivity (Wildman–Crippen MR) is 110 cm³/mol. The molecule has 4 amide bonds. The number of carbonyl (C=O) groups excluding carboxylic acids is 3. The van der Waals surface area contributed by atoms with Gasteiger partial charge < -0.3 is 15.4 Å². The van der Waals surface area contributed by atoms with Crippen LogP contribution in [0.3, 0.4) is 0 Å². The molecule has 2 aromatic carbocycles. The molecule has 0 radical (unpaired) electrons. The first-order valence-electron chi connectivity index (χ1n) is 8.85. The predicted octanol–water partition coefficient (Wildman–Crippen LogP) is 3.80. The van der Waals surface area contributed by atoms with Gasteiger partial charge in [-0.05, 0) is 36.2 Å². The fourth-order valence-electron chi connectivity index (χ4n) is 3.22. The van der Waals surface area contributed by atoms with Crippen LogP contribution in [0.1, 0.15) is 18.9 Å². The maximum atomic E-state index is 13.1. The van der Waals surface area contributed by atoms with E-state index in [1.165, 1.54) is 0 Å². The first-order valence-corrected chi connectivity index (χ1v) is 9.60. The van der Waals surface area contributed by atoms with Gasteiger partial charge in [0.2, 0.25) is 5.91 Å². The van der Waals surface area contributed by atoms with E-state index in [0.29, 0.717) is 23.4 Å². The molecule has 0 spiro atoms. The van der Waals surface area contributed by atoms with Gasteiger partial charge in [0.05, 0.1) is 22.8 Å². The molecule has 2 N–H and O–H groups in total. The van der Waals surface area contributed by atoms with Crippen molar-refractivity contribution in [1.29, 1.82) is 0 Å². The number of methoxy groups -OCH3 is 1. The molecule has 0 saturated carbocycles. The minimum atomic E-state index is -1.24. The smallest absolute Gasteiger partial charge is 0.325 e. The van der Waals surface area contributed by atoms with Crippen molar-refractivity contribution < 1.29 is 19.1 Å². The minimum absolute atomic E-state index is 0.181. The standard InChI is InChI=1S/C20H19Cl2N3O4/c1-3-20(12-7-9-13(29-2)10-8-12)18(27)25(19(28)24-20)11-16(26)23-15-6-4-5-14(21)17(15)22/h4-10H,3,11H2,1-2H3,(H,23,26)(H,24,28). The summed E-state index contributed by atoms with van der Waals surface area (Å²) < 4.78 is 5.14. The molecule has 0 aliphatic carbocycles. The number of hydrogen-bond acceptors (Lipinski definition) is 4. The summed E-state index contributed by atoms with van der Waals surface area (Å²) in [5.41, 5.74) is -0.329. The van der Waals surface area contributed by atoms with E-state index in [0.717, 1.165) is 4.90 Å². The number of ether oxygens (including phenoxy) is 1. The van der Waals surface area contributed by atoms with E-state index >= 15 is 0 Å². The van der Waals surface area contributed by atoms with Crippen molar-refractivity contribution in [2.75, 3.05) is 19.0 Å². The van der Waals surface area contributed by atoms with Crippen LogP contribution in [-0.2, 0) is 15.1 Å². The second-order valence-corrected chi connectivity index (χ2v) is 7.24. The van der Waals surface area contributed by atoms with Crippen molar-refractivity contribution in [3.63, 3.8) is 0 Å². The van der Waals surface area contributed by atoms with Gasteiger partial charge in [-0.15, -0.1) is 0 Å². The molecular weight excluding hydrogens is 417 g/mol. The maximum absolute atomic E-state index is 13.1. The van der Waals surface area contributed by atoms with Gasteiger partial charge in [-0.1, -0.05) is 48.3 Å². The largest absolute Gasteiger partial charge is 0.497 e. The number of halogens is 2. The van der Waals surface area contributed by atoms with Crippen molar-refractivity contribution in [1.82, 2.24) is 10.2 Å². The van der Waals surface area contributed by atoms with Gasteiger partial charge in [0, 0.05) is 0 Å². The van der Waals surface area contributed by atoms with E-state index in [-0.39, 0.29) is 10.0 Å². The molecule has 9 heteroatoms. The molecule has 1 unspecified atom stereocenters. The van der Waals surface area contributed by atoms with Crippen LogP contribution in [0.2, 0.25) is 10.0 Å². The van der Waals surface area contributed by atoms with E-state index in [4.69, 9.17) is 27.9 Å². The zero-order valence-electron chi connectivity index (χ0n) is 15.8. The van der Waals surface area contributed by atoms with Crippen molar-refractivity contribution >= 4 is 46.7 Å². The second kappa shape index (κ2) is 8.31. The molecule has 1 aliphatic rings. The van der Waals surface area contributed by atoms with Gasteiger partial charge in [0.1, 0.15) is 17.8 Å². The summed E-state index contributed by atoms with van der Waals surface area (Å²) in [6.07, 6.45) is 0.322. The zero-order valence-corrected chi connectivity index (χ0v) is 17.3. The number of carbonyl (C=O) groups is 3. The lowest BCUT2D eigenvalue weighted by molar-refractivity contribution is -0.134. The molecule has 0 aromatic heterocycles. The quantitative estimate of drug-likeness (QED) is 0.675. The number of nitrogens with one attached hydrogen (secondary N) is 2. The number of hydrogen-bond donors (Lipinski definition) is 2. The van der Waals surface area contributed by atoms with E-state index in [1.54, 1.807) is 56.5 Å². The van der Waals surface area contributed by atoms with E-state index in [9.17, 15) is 14.4 Å². The third-order valence-corrected chi connectivity index (χ3v) is 5.64. The summed E-state index contributed by atoms with van der Waals surface area (Å²) in [6, 6.07) is 11.0. The average Bonchev–Trinajstić information content (AvgIpc) is 2.96. The number of benzene rings is 2. The number of imide groups is 1. The molecule has 1 heterocycles. The lowest BCUT2D eigenvalue weighted by Crippen LogP contribution is -2.44. The molecule has 29 heavy (non-hydrogen) atoms. The van der Waals surface area contributed by atoms with Crippen LogP contribution >= 0.6 is 23.2 Å². The van der Waals surface area contributed by atoms with Crippen LogP contribution in [0.25, 0.3) is 0 Å². The Balaban J connectivity index is 1.80. The summed E-state index contributed by atoms with van der Waals surface area (Å²) in [6.45, 7) is 1.34. The highest BCUT2D eigenvalue weighted by Gasteiger charge is 2.51. The zero-order chi connectivity index (χ0) is 21.2. The minimum Gasteiger partial charge on any atom is -0.497 e. The molecule has 1 atom stereocenters. The monoisotopic (exact) mass is 435 g/mol. The lowest BCUT2D eigenvalue weighted by atomic mass is 9.87. The maximum Gasteiger partial charge on any atom is 0.325 e. The van der Waals surface area contributed by atoms with Gasteiger partial charge >= 0.3 is 6.03 Å². The van der Waals surface area contributed by atoms with Gasteiger partial charge in [-0.2, -0.15) is 0 Å². The van der Waals surface area contributed by atoms with Gasteiger partial charge in [-0.25, -0.2) is 4.79 Å². The Morgan fingerprint density at radius 3 is 2.48 bits per heavy atom. The second-order valence-electron chi connectivity index (χ2n) is 6.46. The molecule has 0 bridgehead atoms. The molecule has 152 valence electrons. The fraction of sp³-hybridized carbons (Fsp3) is 0.250. The van der Waals surface area contributed by atoms with Crippen LogP contribution < -0.4 is 15.4 Å². The highest BCUT2D eigenvalue weighted by atomic mass is 35.5. The molecule has 1 fully saturated rings. The Labute approximate surface area is 177 Å². The number of nitrogens with zero attached hydrogens (tertiary/aromatic N) is 1. The number of amides is 4. The normalized spacial score (nSPS) is 18.6. The first kappa shape index (κ1) is 21.0. The van der Waals surface area contributed by atoms with E-state index < -0.39 is 29.9 Å². The average molecular weight is 436 g/mol. The summed E-state index contributed by atoms with van der Waals surface area (Å²) in [4.78, 5) is 39.0. The van der Waals surface area contributed by atoms with E-state index in [2.05, 4.69) is 10.6 Å². The Morgan fingerprint density at radius 2 is 1.86 bits per heavy atom. The van der Waals surface area contributed by atoms with Crippen molar-refractivity contribution in [2.24, 2.45) is 0 Å². The van der Waals surface area contributed by atoms with Crippen LogP contribution in [0.5, 0.6) is 5.75 Å². The number of rotatable bonds is 6. The Morgan fingerprint density at radius 1 is 1.17 bits per heavy atom. The Kier molecular flexibility index (Phi) is 6.00. The van der Waals surface area contributed by atoms with Gasteiger partial charge in [-0.3, -0.25) is 14.5 Å². The Hall–Kier alpha value is -2.77. The van der Waals surface area contributed by atoms with Crippen LogP contribution in [0.15, 0.2) is 42.5 Å². The van der Waals surface area contributed by atoms with Crippen LogP contribution in [0, 0.1) is 0 Å². The molecule has 7 nitrogen and oxygen atoms in total. The van der Waals surface area contributed by atoms with Crippen molar-refractivity contribution in [3.8, 4) is 5.75 Å². The molecule has 2 aromatic rings. The summed E-state index contributed by atoms with van der Waals surface area (Å²) in [7, 11) is 1.54. The summed E-state index contributed by atoms with van der Waals surface area (Å²) >= 11 is 12.0. The van der Waals surface area contributed by atoms with Gasteiger partial charge in [0.25, 0.3) is 5.91 Å². The first-order chi connectivity index (χ1) is 13.8. The molecular formula is C20H19Cl2N3O4. The topological polar surface area (TPSA) is 87.7 Å². The van der Waals surface area contributed by atoms with Gasteiger partial charge in [0.15, 0.2) is 0 Å². The van der Waals surface area contributed by atoms with E-state index in [1.807, 2.05) is 0 Å². The molecule has 1 saturated heterocycles. The lowest BCUT2D eigenvalue weighted by Gasteiger charge is -2.26. The van der Waals surface area contributed by atoms with Crippen molar-refractivity contribution in [2.45, 2.75) is 18.9 Å². The third kappa shape index (κ3) is 3.88. The SMILES string of the molecule is CCC1(c2ccc(OC)cc2)NC(=O)N(CC(=O)Nc2cccc(Cl)c2Cl)C1=O. The third-order valence-electron chi connectivity index (χ3n) is 4.82. The highest BCUT2D eigenvalue weighted by Crippen LogP contribution is 2.34. The van der Waals surface area contributed by atoms with Crippen LogP contribution in [0.4, 0.5) is 10.5 Å². The number of anilines is 1. The molecule has 3 rings (SSSR count). The van der Waals surface area contributed by atoms with Crippen LogP contribution in [-0.4, -0.2) is 36.4 Å².